The lowest BCUT2D eigenvalue weighted by Gasteiger charge is -2.56. The van der Waals surface area contributed by atoms with E-state index in [1.807, 2.05) is 0 Å². The van der Waals surface area contributed by atoms with E-state index in [0.717, 1.165) is 19.5 Å². The quantitative estimate of drug-likeness (QED) is 0.655. The first-order valence-corrected chi connectivity index (χ1v) is 7.80. The first-order valence-electron chi connectivity index (χ1n) is 7.80. The molecule has 0 aliphatic carbocycles. The monoisotopic (exact) mass is 262 g/mol. The van der Waals surface area contributed by atoms with Crippen LogP contribution >= 0.6 is 0 Å². The number of piperidine rings is 4. The van der Waals surface area contributed by atoms with Crippen LogP contribution < -0.4 is 0 Å². The zero-order valence-electron chi connectivity index (χ0n) is 11.4. The van der Waals surface area contributed by atoms with Gasteiger partial charge in [-0.05, 0) is 31.7 Å². The topological polar surface area (TPSA) is 40.6 Å². The van der Waals surface area contributed by atoms with Crippen molar-refractivity contribution in [1.82, 2.24) is 9.80 Å². The van der Waals surface area contributed by atoms with E-state index in [2.05, 4.69) is 9.80 Å². The standard InChI is InChI=1S/C15H22N2O2/c18-11-4-6-17-14(8-11)10-7-12(15(17)19)13-3-1-2-5-16(13)9-10/h10,12-14H,1-9H2/t10-,12+,13+,14-/m0/s1. The third-order valence-electron chi connectivity index (χ3n) is 5.77. The summed E-state index contributed by atoms with van der Waals surface area (Å²) < 4.78 is 0. The van der Waals surface area contributed by atoms with E-state index < -0.39 is 0 Å². The Morgan fingerprint density at radius 2 is 1.95 bits per heavy atom. The molecular formula is C15H22N2O2. The van der Waals surface area contributed by atoms with Crippen LogP contribution in [0.25, 0.3) is 0 Å². The second-order valence-electron chi connectivity index (χ2n) is 6.75. The summed E-state index contributed by atoms with van der Waals surface area (Å²) in [6.07, 6.45) is 5.97. The Morgan fingerprint density at radius 3 is 2.84 bits per heavy atom. The summed E-state index contributed by atoms with van der Waals surface area (Å²) in [5, 5.41) is 0. The molecule has 4 atom stereocenters. The highest BCUT2D eigenvalue weighted by atomic mass is 16.2. The summed E-state index contributed by atoms with van der Waals surface area (Å²) in [5.41, 5.74) is 0. The van der Waals surface area contributed by atoms with E-state index in [4.69, 9.17) is 0 Å². The number of hydrogen-bond acceptors (Lipinski definition) is 3. The second kappa shape index (κ2) is 4.30. The highest BCUT2D eigenvalue weighted by molar-refractivity contribution is 5.86. The van der Waals surface area contributed by atoms with Crippen molar-refractivity contribution in [1.29, 1.82) is 0 Å². The van der Waals surface area contributed by atoms with Crippen molar-refractivity contribution < 1.29 is 9.59 Å². The Labute approximate surface area is 114 Å². The lowest BCUT2D eigenvalue weighted by molar-refractivity contribution is -0.160. The van der Waals surface area contributed by atoms with Gasteiger partial charge in [-0.3, -0.25) is 14.5 Å². The fourth-order valence-corrected chi connectivity index (χ4v) is 4.87. The Hall–Kier alpha value is -0.900. The number of carbonyl (C=O) groups is 2. The van der Waals surface area contributed by atoms with Crippen molar-refractivity contribution in [2.24, 2.45) is 11.8 Å². The molecule has 4 aliphatic heterocycles. The summed E-state index contributed by atoms with van der Waals surface area (Å²) in [5.74, 6) is 1.48. The van der Waals surface area contributed by atoms with E-state index in [9.17, 15) is 9.59 Å². The van der Waals surface area contributed by atoms with Gasteiger partial charge < -0.3 is 4.90 Å². The molecule has 4 heteroatoms. The van der Waals surface area contributed by atoms with Crippen molar-refractivity contribution in [3.05, 3.63) is 0 Å². The lowest BCUT2D eigenvalue weighted by atomic mass is 9.70. The fraction of sp³-hybridized carbons (Fsp3) is 0.867. The molecule has 4 aliphatic rings. The largest absolute Gasteiger partial charge is 0.338 e. The van der Waals surface area contributed by atoms with E-state index in [1.54, 1.807) is 0 Å². The summed E-state index contributed by atoms with van der Waals surface area (Å²) in [4.78, 5) is 29.1. The molecular weight excluding hydrogens is 240 g/mol. The van der Waals surface area contributed by atoms with E-state index in [-0.39, 0.29) is 12.0 Å². The fourth-order valence-electron chi connectivity index (χ4n) is 4.87. The smallest absolute Gasteiger partial charge is 0.227 e. The Balaban J connectivity index is 1.64. The molecule has 4 nitrogen and oxygen atoms in total. The van der Waals surface area contributed by atoms with Crippen LogP contribution in [0, 0.1) is 11.8 Å². The zero-order valence-corrected chi connectivity index (χ0v) is 11.4. The molecule has 0 N–H and O–H groups in total. The van der Waals surface area contributed by atoms with Crippen molar-refractivity contribution in [3.63, 3.8) is 0 Å². The number of nitrogens with zero attached hydrogens (tertiary/aromatic N) is 2. The zero-order chi connectivity index (χ0) is 13.0. The normalized spacial score (nSPS) is 42.8. The van der Waals surface area contributed by atoms with Crippen LogP contribution in [-0.4, -0.2) is 53.2 Å². The van der Waals surface area contributed by atoms with Gasteiger partial charge >= 0.3 is 0 Å². The summed E-state index contributed by atoms with van der Waals surface area (Å²) in [6.45, 7) is 2.95. The number of rotatable bonds is 0. The number of carbonyl (C=O) groups excluding carboxylic acids is 2. The summed E-state index contributed by atoms with van der Waals surface area (Å²) >= 11 is 0. The maximum absolute atomic E-state index is 12.7. The highest BCUT2D eigenvalue weighted by Crippen LogP contribution is 2.42. The number of ketones is 1. The molecule has 0 aromatic heterocycles. The predicted molar refractivity (Wildman–Crippen MR) is 70.6 cm³/mol. The molecule has 4 rings (SSSR count). The van der Waals surface area contributed by atoms with E-state index in [0.29, 0.717) is 43.0 Å². The van der Waals surface area contributed by atoms with Crippen LogP contribution in [0.4, 0.5) is 0 Å². The van der Waals surface area contributed by atoms with Crippen LogP contribution in [0.15, 0.2) is 0 Å². The van der Waals surface area contributed by atoms with Gasteiger partial charge in [0.25, 0.3) is 0 Å². The van der Waals surface area contributed by atoms with Gasteiger partial charge in [0, 0.05) is 38.0 Å². The molecule has 19 heavy (non-hydrogen) atoms. The van der Waals surface area contributed by atoms with Crippen molar-refractivity contribution in [2.75, 3.05) is 19.6 Å². The summed E-state index contributed by atoms with van der Waals surface area (Å²) in [6, 6.07) is 0.712. The molecule has 4 fully saturated rings. The molecule has 0 spiro atoms. The molecule has 0 aromatic rings. The molecule has 104 valence electrons. The second-order valence-corrected chi connectivity index (χ2v) is 6.75. The van der Waals surface area contributed by atoms with Crippen LogP contribution in [0.3, 0.4) is 0 Å². The van der Waals surface area contributed by atoms with Gasteiger partial charge in [-0.2, -0.15) is 0 Å². The number of hydrogen-bond donors (Lipinski definition) is 0. The molecule has 0 radical (unpaired) electrons. The van der Waals surface area contributed by atoms with Gasteiger partial charge in [-0.1, -0.05) is 6.42 Å². The number of Topliss-reactive ketones (excluding diaryl/α,β-unsaturated/α-hetero) is 1. The Bertz CT molecular complexity index is 422. The van der Waals surface area contributed by atoms with Crippen LogP contribution in [0.5, 0.6) is 0 Å². The first kappa shape index (κ1) is 11.9. The predicted octanol–water partition coefficient (Wildman–Crippen LogP) is 1.05. The van der Waals surface area contributed by atoms with Gasteiger partial charge in [-0.25, -0.2) is 0 Å². The molecule has 0 aromatic carbocycles. The molecule has 0 unspecified atom stereocenters. The summed E-state index contributed by atoms with van der Waals surface area (Å²) in [7, 11) is 0. The maximum atomic E-state index is 12.7. The third kappa shape index (κ3) is 1.76. The van der Waals surface area contributed by atoms with Gasteiger partial charge in [-0.15, -0.1) is 0 Å². The SMILES string of the molecule is O=C1CCN2C(=O)[C@@H]3C[C@@H](CN4CCCC[C@H]34)[C@@H]2C1. The molecule has 4 heterocycles. The van der Waals surface area contributed by atoms with Gasteiger partial charge in [0.2, 0.25) is 5.91 Å². The van der Waals surface area contributed by atoms with Crippen molar-refractivity contribution in [3.8, 4) is 0 Å². The third-order valence-corrected chi connectivity index (χ3v) is 5.77. The average molecular weight is 262 g/mol. The maximum Gasteiger partial charge on any atom is 0.227 e. The van der Waals surface area contributed by atoms with Crippen LogP contribution in [0.1, 0.15) is 38.5 Å². The number of fused-ring (bicyclic) bond motifs is 6. The molecule has 0 saturated carbocycles. The van der Waals surface area contributed by atoms with Crippen LogP contribution in [0.2, 0.25) is 0 Å². The van der Waals surface area contributed by atoms with Gasteiger partial charge in [0.15, 0.2) is 0 Å². The molecule has 4 saturated heterocycles. The molecule has 1 amide bonds. The minimum Gasteiger partial charge on any atom is -0.338 e. The minimum atomic E-state index is 0.216. The van der Waals surface area contributed by atoms with Crippen LogP contribution in [-0.2, 0) is 9.59 Å². The Morgan fingerprint density at radius 1 is 1.05 bits per heavy atom. The number of amides is 1. The van der Waals surface area contributed by atoms with E-state index >= 15 is 0 Å². The average Bonchev–Trinajstić information content (AvgIpc) is 2.44. The lowest BCUT2D eigenvalue weighted by Crippen LogP contribution is -2.66. The molecule has 2 bridgehead atoms. The van der Waals surface area contributed by atoms with Gasteiger partial charge in [0.1, 0.15) is 5.78 Å². The van der Waals surface area contributed by atoms with E-state index in [1.165, 1.54) is 19.3 Å². The van der Waals surface area contributed by atoms with Crippen molar-refractivity contribution >= 4 is 11.7 Å². The minimum absolute atomic E-state index is 0.216. The van der Waals surface area contributed by atoms with Gasteiger partial charge in [0.05, 0.1) is 5.92 Å². The van der Waals surface area contributed by atoms with Crippen molar-refractivity contribution in [2.45, 2.75) is 50.6 Å². The highest BCUT2D eigenvalue weighted by Gasteiger charge is 2.51. The first-order chi connectivity index (χ1) is 9.24. The Kier molecular flexibility index (Phi) is 2.69.